The van der Waals surface area contributed by atoms with Gasteiger partial charge < -0.3 is 10.6 Å². The number of anilines is 1. The van der Waals surface area contributed by atoms with Crippen LogP contribution in [-0.2, 0) is 6.18 Å². The van der Waals surface area contributed by atoms with Gasteiger partial charge in [-0.25, -0.2) is 0 Å². The fourth-order valence-electron chi connectivity index (χ4n) is 4.08. The first-order valence-corrected chi connectivity index (χ1v) is 8.75. The zero-order valence-electron chi connectivity index (χ0n) is 14.3. The molecule has 2 aromatic heterocycles. The molecule has 0 bridgehead atoms. The van der Waals surface area contributed by atoms with Gasteiger partial charge in [-0.1, -0.05) is 0 Å². The second kappa shape index (κ2) is 6.50. The van der Waals surface area contributed by atoms with Crippen LogP contribution >= 0.6 is 0 Å². The highest BCUT2D eigenvalue weighted by atomic mass is 19.4. The van der Waals surface area contributed by atoms with Crippen LogP contribution in [0.3, 0.4) is 0 Å². The van der Waals surface area contributed by atoms with Gasteiger partial charge in [0.05, 0.1) is 11.3 Å². The van der Waals surface area contributed by atoms with Crippen LogP contribution in [0.15, 0.2) is 24.5 Å². The summed E-state index contributed by atoms with van der Waals surface area (Å²) >= 11 is 0. The number of pyridine rings is 1. The van der Waals surface area contributed by atoms with Crippen molar-refractivity contribution in [1.29, 1.82) is 0 Å². The van der Waals surface area contributed by atoms with E-state index in [1.165, 1.54) is 6.20 Å². The largest absolute Gasteiger partial charge is 0.417 e. The van der Waals surface area contributed by atoms with Crippen LogP contribution in [-0.4, -0.2) is 34.3 Å². The van der Waals surface area contributed by atoms with E-state index in [0.717, 1.165) is 43.8 Å². The number of rotatable bonds is 3. The fraction of sp³-hybridized carbons (Fsp3) is 0.500. The number of nitrogens with zero attached hydrogens (tertiary/aromatic N) is 3. The van der Waals surface area contributed by atoms with Crippen LogP contribution in [0, 0.1) is 18.8 Å². The third-order valence-corrected chi connectivity index (χ3v) is 5.38. The Kier molecular flexibility index (Phi) is 4.30. The lowest BCUT2D eigenvalue weighted by Gasteiger charge is -2.17. The predicted octanol–water partition coefficient (Wildman–Crippen LogP) is 3.28. The molecule has 26 heavy (non-hydrogen) atoms. The Labute approximate surface area is 149 Å². The predicted molar refractivity (Wildman–Crippen MR) is 91.5 cm³/mol. The minimum absolute atomic E-state index is 0.0522. The average molecular weight is 363 g/mol. The lowest BCUT2D eigenvalue weighted by molar-refractivity contribution is -0.137. The Hall–Kier alpha value is -2.22. The molecule has 8 heteroatoms. The third kappa shape index (κ3) is 3.25. The third-order valence-electron chi connectivity index (χ3n) is 5.38. The Morgan fingerprint density at radius 2 is 1.88 bits per heavy atom. The molecule has 2 atom stereocenters. The van der Waals surface area contributed by atoms with E-state index in [0.29, 0.717) is 23.7 Å². The molecule has 2 N–H and O–H groups in total. The maximum absolute atomic E-state index is 13.2. The molecule has 1 saturated carbocycles. The van der Waals surface area contributed by atoms with Gasteiger partial charge in [-0.3, -0.25) is 4.98 Å². The van der Waals surface area contributed by atoms with Gasteiger partial charge in [-0.2, -0.15) is 13.2 Å². The second-order valence-corrected chi connectivity index (χ2v) is 7.17. The van der Waals surface area contributed by atoms with Gasteiger partial charge >= 0.3 is 6.18 Å². The standard InChI is InChI=1S/C18H20F3N5/c1-10-4-16(14-9-22-3-2-15(14)18(19,20)21)25-26-17(10)24-13-5-11-7-23-8-12(11)6-13/h2-4,9,11-13,23H,5-8H2,1H3,(H,24,26). The molecule has 1 aliphatic heterocycles. The second-order valence-electron chi connectivity index (χ2n) is 7.17. The number of alkyl halides is 3. The van der Waals surface area contributed by atoms with Gasteiger partial charge in [0.1, 0.15) is 0 Å². The van der Waals surface area contributed by atoms with Gasteiger partial charge in [0, 0.05) is 24.0 Å². The summed E-state index contributed by atoms with van der Waals surface area (Å²) in [5.74, 6) is 2.04. The topological polar surface area (TPSA) is 62.7 Å². The number of nitrogens with one attached hydrogen (secondary N) is 2. The lowest BCUT2D eigenvalue weighted by Crippen LogP contribution is -2.21. The highest BCUT2D eigenvalue weighted by Gasteiger charge is 2.37. The Balaban J connectivity index is 1.56. The van der Waals surface area contributed by atoms with Crippen molar-refractivity contribution in [3.63, 3.8) is 0 Å². The smallest absolute Gasteiger partial charge is 0.366 e. The van der Waals surface area contributed by atoms with E-state index in [1.54, 1.807) is 6.07 Å². The SMILES string of the molecule is Cc1cc(-c2cnccc2C(F)(F)F)nnc1NC1CC2CNCC2C1. The summed E-state index contributed by atoms with van der Waals surface area (Å²) in [5.41, 5.74) is 0.157. The van der Waals surface area contributed by atoms with Crippen LogP contribution in [0.2, 0.25) is 0 Å². The molecular weight excluding hydrogens is 343 g/mol. The number of aromatic nitrogens is 3. The van der Waals surface area contributed by atoms with E-state index in [4.69, 9.17) is 0 Å². The van der Waals surface area contributed by atoms with E-state index in [1.807, 2.05) is 6.92 Å². The first-order valence-electron chi connectivity index (χ1n) is 8.75. The quantitative estimate of drug-likeness (QED) is 0.876. The molecule has 2 fully saturated rings. The van der Waals surface area contributed by atoms with E-state index in [-0.39, 0.29) is 11.3 Å². The molecule has 2 unspecified atom stereocenters. The van der Waals surface area contributed by atoms with E-state index < -0.39 is 11.7 Å². The van der Waals surface area contributed by atoms with Gasteiger partial charge in [-0.15, -0.1) is 10.2 Å². The maximum atomic E-state index is 13.2. The van der Waals surface area contributed by atoms with Gasteiger partial charge in [0.15, 0.2) is 5.82 Å². The normalized spacial score (nSPS) is 25.3. The van der Waals surface area contributed by atoms with Crippen LogP contribution in [0.25, 0.3) is 11.3 Å². The van der Waals surface area contributed by atoms with Crippen molar-refractivity contribution >= 4 is 5.82 Å². The van der Waals surface area contributed by atoms with Crippen LogP contribution in [0.1, 0.15) is 24.0 Å². The highest BCUT2D eigenvalue weighted by molar-refractivity contribution is 5.65. The van der Waals surface area contributed by atoms with Gasteiger partial charge in [-0.05, 0) is 62.4 Å². The molecule has 0 amide bonds. The van der Waals surface area contributed by atoms with E-state index in [9.17, 15) is 13.2 Å². The van der Waals surface area contributed by atoms with E-state index >= 15 is 0 Å². The zero-order chi connectivity index (χ0) is 18.3. The maximum Gasteiger partial charge on any atom is 0.417 e. The minimum atomic E-state index is -4.46. The number of fused-ring (bicyclic) bond motifs is 1. The number of hydrogen-bond donors (Lipinski definition) is 2. The summed E-state index contributed by atoms with van der Waals surface area (Å²) in [7, 11) is 0. The number of halogens is 3. The molecule has 2 aromatic rings. The van der Waals surface area contributed by atoms with Crippen molar-refractivity contribution in [2.75, 3.05) is 18.4 Å². The highest BCUT2D eigenvalue weighted by Crippen LogP contribution is 2.37. The molecule has 5 nitrogen and oxygen atoms in total. The summed E-state index contributed by atoms with van der Waals surface area (Å²) in [5, 5.41) is 15.0. The van der Waals surface area contributed by atoms with Crippen molar-refractivity contribution in [3.05, 3.63) is 35.7 Å². The number of hydrogen-bond acceptors (Lipinski definition) is 5. The number of aryl methyl sites for hydroxylation is 1. The fourth-order valence-corrected chi connectivity index (χ4v) is 4.08. The Morgan fingerprint density at radius 3 is 2.54 bits per heavy atom. The van der Waals surface area contributed by atoms with E-state index in [2.05, 4.69) is 25.8 Å². The Bertz CT molecular complexity index is 796. The lowest BCUT2D eigenvalue weighted by atomic mass is 10.0. The summed E-state index contributed by atoms with van der Waals surface area (Å²) in [6.07, 6.45) is 0.0298. The first kappa shape index (κ1) is 17.2. The molecule has 1 saturated heterocycles. The molecule has 0 aromatic carbocycles. The molecule has 3 heterocycles. The van der Waals surface area contributed by atoms with Crippen molar-refractivity contribution in [1.82, 2.24) is 20.5 Å². The van der Waals surface area contributed by atoms with Crippen molar-refractivity contribution in [3.8, 4) is 11.3 Å². The summed E-state index contributed by atoms with van der Waals surface area (Å²) in [4.78, 5) is 3.81. The van der Waals surface area contributed by atoms with Gasteiger partial charge in [0.25, 0.3) is 0 Å². The van der Waals surface area contributed by atoms with Crippen molar-refractivity contribution in [2.24, 2.45) is 11.8 Å². The molecule has 0 radical (unpaired) electrons. The monoisotopic (exact) mass is 363 g/mol. The van der Waals surface area contributed by atoms with Crippen LogP contribution in [0.4, 0.5) is 19.0 Å². The molecule has 138 valence electrons. The molecule has 2 aliphatic rings. The first-order chi connectivity index (χ1) is 12.4. The van der Waals surface area contributed by atoms with Crippen LogP contribution < -0.4 is 10.6 Å². The summed E-state index contributed by atoms with van der Waals surface area (Å²) < 4.78 is 39.6. The summed E-state index contributed by atoms with van der Waals surface area (Å²) in [6, 6.07) is 2.94. The molecule has 1 aliphatic carbocycles. The molecule has 0 spiro atoms. The van der Waals surface area contributed by atoms with Crippen molar-refractivity contribution in [2.45, 2.75) is 32.0 Å². The van der Waals surface area contributed by atoms with Gasteiger partial charge in [0.2, 0.25) is 0 Å². The summed E-state index contributed by atoms with van der Waals surface area (Å²) in [6.45, 7) is 3.96. The van der Waals surface area contributed by atoms with Crippen molar-refractivity contribution < 1.29 is 13.2 Å². The zero-order valence-corrected chi connectivity index (χ0v) is 14.3. The average Bonchev–Trinajstić information content (AvgIpc) is 3.17. The minimum Gasteiger partial charge on any atom is -0.366 e. The molecule has 4 rings (SSSR count). The Morgan fingerprint density at radius 1 is 1.15 bits per heavy atom. The molecular formula is C18H20F3N5. The van der Waals surface area contributed by atoms with Crippen LogP contribution in [0.5, 0.6) is 0 Å².